The summed E-state index contributed by atoms with van der Waals surface area (Å²) in [6.07, 6.45) is 7.19. The molecule has 35 heavy (non-hydrogen) atoms. The number of aliphatic hydroxyl groups is 1. The van der Waals surface area contributed by atoms with Crippen molar-refractivity contribution in [3.8, 4) is 5.75 Å². The number of carbonyl (C=O) groups is 2. The van der Waals surface area contributed by atoms with Gasteiger partial charge in [-0.25, -0.2) is 4.79 Å². The van der Waals surface area contributed by atoms with E-state index in [-0.39, 0.29) is 19.0 Å². The number of hydrogen-bond acceptors (Lipinski definition) is 5. The topological polar surface area (TPSA) is 84.9 Å². The lowest BCUT2D eigenvalue weighted by Crippen LogP contribution is -2.48. The van der Waals surface area contributed by atoms with Crippen LogP contribution in [0.3, 0.4) is 0 Å². The van der Waals surface area contributed by atoms with Gasteiger partial charge < -0.3 is 19.9 Å². The van der Waals surface area contributed by atoms with Crippen LogP contribution in [0.2, 0.25) is 0 Å². The Bertz CT molecular complexity index is 1130. The number of hydrogen-bond donors (Lipinski definition) is 2. The molecule has 0 bridgehead atoms. The van der Waals surface area contributed by atoms with Gasteiger partial charge in [0.15, 0.2) is 0 Å². The molecule has 1 saturated carbocycles. The number of carbonyl (C=O) groups excluding carboxylic acids is 2. The number of cyclic esters (lactones) is 1. The van der Waals surface area contributed by atoms with Crippen LogP contribution in [0.5, 0.6) is 5.75 Å². The van der Waals surface area contributed by atoms with Gasteiger partial charge >= 0.3 is 5.97 Å². The highest BCUT2D eigenvalue weighted by Gasteiger charge is 2.44. The van der Waals surface area contributed by atoms with E-state index in [0.29, 0.717) is 30.2 Å². The maximum Gasteiger partial charge on any atom is 0.338 e. The van der Waals surface area contributed by atoms with Gasteiger partial charge in [-0.05, 0) is 47.9 Å². The van der Waals surface area contributed by atoms with E-state index >= 15 is 0 Å². The first kappa shape index (κ1) is 23.9. The molecule has 6 heteroatoms. The van der Waals surface area contributed by atoms with Crippen molar-refractivity contribution in [2.45, 2.75) is 82.8 Å². The van der Waals surface area contributed by atoms with E-state index in [1.165, 1.54) is 12.0 Å². The molecule has 1 aliphatic carbocycles. The van der Waals surface area contributed by atoms with Crippen LogP contribution in [0.1, 0.15) is 85.8 Å². The van der Waals surface area contributed by atoms with Gasteiger partial charge in [0.25, 0.3) is 5.91 Å². The maximum atomic E-state index is 13.7. The molecule has 5 rings (SSSR count). The quantitative estimate of drug-likeness (QED) is 0.529. The van der Waals surface area contributed by atoms with Gasteiger partial charge in [0.1, 0.15) is 18.0 Å². The SMILES string of the molecule is CC(C)(CC(O)(CC1CCCCC1)C(=O)Nc1ccc2c(c1)COC2=O)c1cccc2c1OCC2. The molecule has 186 valence electrons. The standard InChI is InChI=1S/C29H35NO5/c1-28(2,24-10-6-9-20-13-14-34-25(20)24)18-29(33,16-19-7-4-3-5-8-19)27(32)30-22-11-12-23-21(15-22)17-35-26(23)31/h6,9-12,15,19,33H,3-5,7-8,13-14,16-18H2,1-2H3,(H,30,32). The van der Waals surface area contributed by atoms with E-state index in [1.807, 2.05) is 6.07 Å². The van der Waals surface area contributed by atoms with Crippen molar-refractivity contribution in [1.82, 2.24) is 0 Å². The van der Waals surface area contributed by atoms with Gasteiger partial charge in [-0.2, -0.15) is 0 Å². The van der Waals surface area contributed by atoms with Crippen LogP contribution in [0.15, 0.2) is 36.4 Å². The predicted octanol–water partition coefficient (Wildman–Crippen LogP) is 5.30. The Kier molecular flexibility index (Phi) is 6.34. The largest absolute Gasteiger partial charge is 0.493 e. The molecule has 1 atom stereocenters. The Balaban J connectivity index is 1.42. The van der Waals surface area contributed by atoms with Crippen molar-refractivity contribution in [3.63, 3.8) is 0 Å². The Hall–Kier alpha value is -2.86. The van der Waals surface area contributed by atoms with Gasteiger partial charge in [-0.3, -0.25) is 4.79 Å². The number of para-hydroxylation sites is 1. The molecule has 1 fully saturated rings. The summed E-state index contributed by atoms with van der Waals surface area (Å²) in [6, 6.07) is 11.3. The minimum atomic E-state index is -1.54. The second-order valence-corrected chi connectivity index (χ2v) is 11.1. The normalized spacial score (nSPS) is 19.3. The molecule has 2 N–H and O–H groups in total. The van der Waals surface area contributed by atoms with Gasteiger partial charge in [0.2, 0.25) is 0 Å². The van der Waals surface area contributed by atoms with Crippen molar-refractivity contribution >= 4 is 17.6 Å². The van der Waals surface area contributed by atoms with E-state index in [4.69, 9.17) is 9.47 Å². The molecule has 1 amide bonds. The summed E-state index contributed by atoms with van der Waals surface area (Å²) in [5.41, 5.74) is 2.05. The Morgan fingerprint density at radius 3 is 2.69 bits per heavy atom. The molecule has 0 aromatic heterocycles. The Labute approximate surface area is 207 Å². The number of anilines is 1. The molecule has 6 nitrogen and oxygen atoms in total. The molecule has 3 aliphatic rings. The summed E-state index contributed by atoms with van der Waals surface area (Å²) in [4.78, 5) is 25.5. The second kappa shape index (κ2) is 9.30. The van der Waals surface area contributed by atoms with Gasteiger partial charge in [-0.1, -0.05) is 64.2 Å². The number of amides is 1. The predicted molar refractivity (Wildman–Crippen MR) is 134 cm³/mol. The average Bonchev–Trinajstić information content (AvgIpc) is 3.45. The van der Waals surface area contributed by atoms with E-state index in [0.717, 1.165) is 49.0 Å². The number of rotatable bonds is 7. The Morgan fingerprint density at radius 1 is 1.09 bits per heavy atom. The fourth-order valence-corrected chi connectivity index (χ4v) is 6.15. The lowest BCUT2D eigenvalue weighted by molar-refractivity contribution is -0.138. The zero-order chi connectivity index (χ0) is 24.6. The summed E-state index contributed by atoms with van der Waals surface area (Å²) >= 11 is 0. The van der Waals surface area contributed by atoms with Crippen LogP contribution >= 0.6 is 0 Å². The van der Waals surface area contributed by atoms with Crippen LogP contribution in [-0.4, -0.2) is 29.2 Å². The average molecular weight is 478 g/mol. The summed E-state index contributed by atoms with van der Waals surface area (Å²) in [6.45, 7) is 5.04. The van der Waals surface area contributed by atoms with Crippen LogP contribution in [0.4, 0.5) is 5.69 Å². The smallest absolute Gasteiger partial charge is 0.338 e. The molecule has 2 heterocycles. The van der Waals surface area contributed by atoms with E-state index in [1.54, 1.807) is 18.2 Å². The maximum absolute atomic E-state index is 13.7. The monoisotopic (exact) mass is 477 g/mol. The molecule has 0 spiro atoms. The van der Waals surface area contributed by atoms with Gasteiger partial charge in [0.05, 0.1) is 12.2 Å². The third-order valence-corrected chi connectivity index (χ3v) is 7.89. The highest BCUT2D eigenvalue weighted by Crippen LogP contribution is 2.44. The molecule has 0 radical (unpaired) electrons. The minimum Gasteiger partial charge on any atom is -0.493 e. The molecule has 0 saturated heterocycles. The fraction of sp³-hybridized carbons (Fsp3) is 0.517. The first-order valence-electron chi connectivity index (χ1n) is 12.8. The van der Waals surface area contributed by atoms with E-state index < -0.39 is 16.9 Å². The second-order valence-electron chi connectivity index (χ2n) is 11.1. The van der Waals surface area contributed by atoms with Crippen molar-refractivity contribution in [2.75, 3.05) is 11.9 Å². The van der Waals surface area contributed by atoms with Crippen LogP contribution in [-0.2, 0) is 28.0 Å². The Morgan fingerprint density at radius 2 is 1.89 bits per heavy atom. The number of esters is 1. The number of nitrogens with one attached hydrogen (secondary N) is 1. The van der Waals surface area contributed by atoms with E-state index in [9.17, 15) is 14.7 Å². The molecule has 2 aromatic rings. The van der Waals surface area contributed by atoms with Crippen molar-refractivity contribution in [2.24, 2.45) is 5.92 Å². The lowest BCUT2D eigenvalue weighted by Gasteiger charge is -2.39. The zero-order valence-corrected chi connectivity index (χ0v) is 20.7. The lowest BCUT2D eigenvalue weighted by atomic mass is 9.70. The van der Waals surface area contributed by atoms with Crippen LogP contribution < -0.4 is 10.1 Å². The summed E-state index contributed by atoms with van der Waals surface area (Å²) in [7, 11) is 0. The fourth-order valence-electron chi connectivity index (χ4n) is 6.15. The third kappa shape index (κ3) is 4.81. The summed E-state index contributed by atoms with van der Waals surface area (Å²) in [5.74, 6) is 0.487. The number of ether oxygens (including phenoxy) is 2. The van der Waals surface area contributed by atoms with Crippen molar-refractivity contribution in [1.29, 1.82) is 0 Å². The minimum absolute atomic E-state index is 0.205. The van der Waals surface area contributed by atoms with Crippen LogP contribution in [0.25, 0.3) is 0 Å². The molecule has 2 aromatic carbocycles. The first-order chi connectivity index (χ1) is 16.7. The summed E-state index contributed by atoms with van der Waals surface area (Å²) < 4.78 is 11.1. The van der Waals surface area contributed by atoms with E-state index in [2.05, 4.69) is 31.3 Å². The first-order valence-corrected chi connectivity index (χ1v) is 12.8. The van der Waals surface area contributed by atoms with Crippen molar-refractivity contribution in [3.05, 3.63) is 58.7 Å². The van der Waals surface area contributed by atoms with Crippen molar-refractivity contribution < 1.29 is 24.2 Å². The van der Waals surface area contributed by atoms with Gasteiger partial charge in [-0.15, -0.1) is 0 Å². The zero-order valence-electron chi connectivity index (χ0n) is 20.7. The van der Waals surface area contributed by atoms with Crippen LogP contribution in [0, 0.1) is 5.92 Å². The molecule has 2 aliphatic heterocycles. The molecular formula is C29H35NO5. The number of benzene rings is 2. The summed E-state index contributed by atoms with van der Waals surface area (Å²) in [5, 5.41) is 15.0. The van der Waals surface area contributed by atoms with Gasteiger partial charge in [0, 0.05) is 23.2 Å². The highest BCUT2D eigenvalue weighted by molar-refractivity contribution is 5.99. The number of fused-ring (bicyclic) bond motifs is 2. The third-order valence-electron chi connectivity index (χ3n) is 7.89. The molecular weight excluding hydrogens is 442 g/mol. The highest BCUT2D eigenvalue weighted by atomic mass is 16.5. The molecule has 1 unspecified atom stereocenters.